The van der Waals surface area contributed by atoms with E-state index >= 15 is 0 Å². The smallest absolute Gasteiger partial charge is 0.227 e. The van der Waals surface area contributed by atoms with Crippen LogP contribution in [0.2, 0.25) is 0 Å². The highest BCUT2D eigenvalue weighted by atomic mass is 19.1. The third-order valence-corrected chi connectivity index (χ3v) is 7.90. The van der Waals surface area contributed by atoms with Gasteiger partial charge >= 0.3 is 0 Å². The Kier molecular flexibility index (Phi) is 9.98. The quantitative estimate of drug-likeness (QED) is 0.408. The topological polar surface area (TPSA) is 36.0 Å². The van der Waals surface area contributed by atoms with Crippen molar-refractivity contribution in [2.75, 3.05) is 39.8 Å². The Balaban J connectivity index is 1.36. The van der Waals surface area contributed by atoms with Crippen LogP contribution >= 0.6 is 0 Å². The molecule has 5 nitrogen and oxygen atoms in total. The van der Waals surface area contributed by atoms with Gasteiger partial charge in [0.15, 0.2) is 0 Å². The predicted octanol–water partition coefficient (Wildman–Crippen LogP) is 5.38. The molecule has 202 valence electrons. The van der Waals surface area contributed by atoms with Gasteiger partial charge in [0.05, 0.1) is 13.0 Å². The first-order chi connectivity index (χ1) is 17.9. The molecule has 1 amide bonds. The molecule has 37 heavy (non-hydrogen) atoms. The molecule has 2 aromatic rings. The minimum Gasteiger partial charge on any atom is -0.493 e. The number of halogens is 1. The van der Waals surface area contributed by atoms with Gasteiger partial charge in [0, 0.05) is 31.7 Å². The molecule has 0 spiro atoms. The SMILES string of the molecule is CC(C)COc1ccc(CC(=O)N(Cc2ccc(F)cc2)C2CCN(CCC3CCCN3C)CC2)cc1. The lowest BCUT2D eigenvalue weighted by atomic mass is 10.00. The third kappa shape index (κ3) is 8.27. The van der Waals surface area contributed by atoms with Gasteiger partial charge in [-0.25, -0.2) is 4.39 Å². The van der Waals surface area contributed by atoms with Crippen LogP contribution in [0, 0.1) is 11.7 Å². The van der Waals surface area contributed by atoms with E-state index in [0.29, 0.717) is 25.5 Å². The van der Waals surface area contributed by atoms with E-state index in [9.17, 15) is 9.18 Å². The molecular weight excluding hydrogens is 465 g/mol. The number of carbonyl (C=O) groups is 1. The van der Waals surface area contributed by atoms with Gasteiger partial charge in [0.2, 0.25) is 5.91 Å². The molecular formula is C31H44FN3O2. The molecule has 6 heteroatoms. The summed E-state index contributed by atoms with van der Waals surface area (Å²) in [5, 5.41) is 0. The van der Waals surface area contributed by atoms with Crippen LogP contribution in [-0.2, 0) is 17.8 Å². The van der Waals surface area contributed by atoms with Crippen molar-refractivity contribution < 1.29 is 13.9 Å². The molecule has 0 bridgehead atoms. The Morgan fingerprint density at radius 3 is 2.30 bits per heavy atom. The molecule has 2 heterocycles. The van der Waals surface area contributed by atoms with Crippen molar-refractivity contribution in [2.24, 2.45) is 5.92 Å². The zero-order valence-electron chi connectivity index (χ0n) is 22.9. The molecule has 2 aliphatic heterocycles. The summed E-state index contributed by atoms with van der Waals surface area (Å²) in [7, 11) is 2.25. The monoisotopic (exact) mass is 509 g/mol. The normalized spacial score (nSPS) is 19.4. The summed E-state index contributed by atoms with van der Waals surface area (Å²) in [4.78, 5) is 20.7. The largest absolute Gasteiger partial charge is 0.493 e. The Morgan fingerprint density at radius 2 is 1.68 bits per heavy atom. The number of carbonyl (C=O) groups excluding carboxylic acids is 1. The molecule has 0 N–H and O–H groups in total. The first kappa shape index (κ1) is 27.6. The first-order valence-corrected chi connectivity index (χ1v) is 14.1. The molecule has 4 rings (SSSR count). The molecule has 1 unspecified atom stereocenters. The Hall–Kier alpha value is -2.44. The van der Waals surface area contributed by atoms with Gasteiger partial charge in [0.25, 0.3) is 0 Å². The molecule has 0 radical (unpaired) electrons. The molecule has 2 aliphatic rings. The van der Waals surface area contributed by atoms with Crippen molar-refractivity contribution in [2.45, 2.75) is 71.0 Å². The van der Waals surface area contributed by atoms with E-state index in [2.05, 4.69) is 30.7 Å². The van der Waals surface area contributed by atoms with Gasteiger partial charge < -0.3 is 19.4 Å². The number of rotatable bonds is 11. The van der Waals surface area contributed by atoms with E-state index in [-0.39, 0.29) is 17.8 Å². The Morgan fingerprint density at radius 1 is 1.00 bits per heavy atom. The van der Waals surface area contributed by atoms with E-state index < -0.39 is 0 Å². The molecule has 0 aliphatic carbocycles. The van der Waals surface area contributed by atoms with Gasteiger partial charge in [-0.2, -0.15) is 0 Å². The van der Waals surface area contributed by atoms with Gasteiger partial charge in [-0.3, -0.25) is 4.79 Å². The zero-order valence-corrected chi connectivity index (χ0v) is 22.9. The summed E-state index contributed by atoms with van der Waals surface area (Å²) in [6.45, 7) is 9.86. The minimum atomic E-state index is -0.248. The van der Waals surface area contributed by atoms with E-state index in [1.165, 1.54) is 37.9 Å². The van der Waals surface area contributed by atoms with Crippen molar-refractivity contribution in [1.29, 1.82) is 0 Å². The van der Waals surface area contributed by atoms with Crippen LogP contribution in [0.3, 0.4) is 0 Å². The van der Waals surface area contributed by atoms with Crippen LogP contribution in [0.4, 0.5) is 4.39 Å². The fourth-order valence-corrected chi connectivity index (χ4v) is 5.58. The predicted molar refractivity (Wildman–Crippen MR) is 147 cm³/mol. The average Bonchev–Trinajstić information content (AvgIpc) is 3.31. The van der Waals surface area contributed by atoms with Crippen molar-refractivity contribution in [3.63, 3.8) is 0 Å². The number of ether oxygens (including phenoxy) is 1. The summed E-state index contributed by atoms with van der Waals surface area (Å²) in [5.74, 6) is 1.19. The lowest BCUT2D eigenvalue weighted by Gasteiger charge is -2.39. The second kappa shape index (κ2) is 13.4. The van der Waals surface area contributed by atoms with Crippen molar-refractivity contribution in [1.82, 2.24) is 14.7 Å². The Labute approximate surface area is 222 Å². The zero-order chi connectivity index (χ0) is 26.2. The summed E-state index contributed by atoms with van der Waals surface area (Å²) < 4.78 is 19.3. The number of hydrogen-bond donors (Lipinski definition) is 0. The van der Waals surface area contributed by atoms with Crippen molar-refractivity contribution >= 4 is 5.91 Å². The van der Waals surface area contributed by atoms with Crippen LogP contribution in [0.5, 0.6) is 5.75 Å². The number of nitrogens with zero attached hydrogens (tertiary/aromatic N) is 3. The maximum atomic E-state index is 13.6. The second-order valence-electron chi connectivity index (χ2n) is 11.3. The molecule has 2 fully saturated rings. The Bertz CT molecular complexity index is 971. The summed E-state index contributed by atoms with van der Waals surface area (Å²) >= 11 is 0. The lowest BCUT2D eigenvalue weighted by molar-refractivity contribution is -0.134. The highest BCUT2D eigenvalue weighted by Crippen LogP contribution is 2.24. The summed E-state index contributed by atoms with van der Waals surface area (Å²) in [6, 6.07) is 15.4. The van der Waals surface area contributed by atoms with E-state index in [1.807, 2.05) is 29.2 Å². The molecule has 0 saturated carbocycles. The summed E-state index contributed by atoms with van der Waals surface area (Å²) in [5.41, 5.74) is 1.96. The van der Waals surface area contributed by atoms with Crippen LogP contribution in [0.1, 0.15) is 57.1 Å². The van der Waals surface area contributed by atoms with Gasteiger partial charge in [-0.05, 0) is 93.6 Å². The van der Waals surface area contributed by atoms with Crippen molar-refractivity contribution in [3.05, 3.63) is 65.5 Å². The number of piperidine rings is 1. The standard InChI is InChI=1S/C31H44FN3O2/c1-24(2)23-37-30-12-8-25(9-13-30)21-31(36)35(22-26-6-10-27(32)11-7-26)29-15-19-34(20-16-29)18-14-28-5-4-17-33(28)3/h6-13,24,28-29H,4-5,14-23H2,1-3H3. The number of benzene rings is 2. The fraction of sp³-hybridized carbons (Fsp3) is 0.581. The lowest BCUT2D eigenvalue weighted by Crippen LogP contribution is -2.48. The van der Waals surface area contributed by atoms with E-state index in [4.69, 9.17) is 4.74 Å². The van der Waals surface area contributed by atoms with Crippen LogP contribution in [0.15, 0.2) is 48.5 Å². The average molecular weight is 510 g/mol. The van der Waals surface area contributed by atoms with Gasteiger partial charge in [0.1, 0.15) is 11.6 Å². The summed E-state index contributed by atoms with van der Waals surface area (Å²) in [6.07, 6.45) is 6.19. The first-order valence-electron chi connectivity index (χ1n) is 14.1. The fourth-order valence-electron chi connectivity index (χ4n) is 5.58. The number of likely N-dealkylation sites (tertiary alicyclic amines) is 2. The van der Waals surface area contributed by atoms with Crippen molar-refractivity contribution in [3.8, 4) is 5.75 Å². The van der Waals surface area contributed by atoms with Gasteiger partial charge in [-0.15, -0.1) is 0 Å². The van der Waals surface area contributed by atoms with E-state index in [1.54, 1.807) is 12.1 Å². The second-order valence-corrected chi connectivity index (χ2v) is 11.3. The molecule has 0 aromatic heterocycles. The number of hydrogen-bond acceptors (Lipinski definition) is 4. The highest BCUT2D eigenvalue weighted by molar-refractivity contribution is 5.79. The molecule has 1 atom stereocenters. The molecule has 2 aromatic carbocycles. The molecule has 2 saturated heterocycles. The highest BCUT2D eigenvalue weighted by Gasteiger charge is 2.29. The maximum Gasteiger partial charge on any atom is 0.227 e. The van der Waals surface area contributed by atoms with Crippen LogP contribution in [0.25, 0.3) is 0 Å². The maximum absolute atomic E-state index is 13.6. The van der Waals surface area contributed by atoms with Gasteiger partial charge in [-0.1, -0.05) is 38.1 Å². The van der Waals surface area contributed by atoms with Crippen LogP contribution in [-0.4, -0.2) is 72.5 Å². The number of amides is 1. The van der Waals surface area contributed by atoms with Crippen LogP contribution < -0.4 is 4.74 Å². The third-order valence-electron chi connectivity index (χ3n) is 7.90. The minimum absolute atomic E-state index is 0.131. The van der Waals surface area contributed by atoms with E-state index in [0.717, 1.165) is 55.4 Å².